The van der Waals surface area contributed by atoms with Crippen LogP contribution >= 0.6 is 11.3 Å². The van der Waals surface area contributed by atoms with Crippen molar-refractivity contribution in [2.75, 3.05) is 13.7 Å². The van der Waals surface area contributed by atoms with Crippen LogP contribution in [-0.2, 0) is 17.9 Å². The van der Waals surface area contributed by atoms with Crippen molar-refractivity contribution in [3.8, 4) is 11.5 Å². The minimum Gasteiger partial charge on any atom is -0.493 e. The van der Waals surface area contributed by atoms with Gasteiger partial charge in [-0.05, 0) is 35.7 Å². The number of furan rings is 1. The first-order chi connectivity index (χ1) is 12.3. The molecule has 0 spiro atoms. The second-order valence-corrected chi connectivity index (χ2v) is 6.38. The van der Waals surface area contributed by atoms with E-state index in [2.05, 4.69) is 0 Å². The van der Waals surface area contributed by atoms with Crippen LogP contribution in [0, 0.1) is 0 Å². The van der Waals surface area contributed by atoms with E-state index in [-0.39, 0.29) is 12.5 Å². The largest absolute Gasteiger partial charge is 0.493 e. The Morgan fingerprint density at radius 1 is 1.08 bits per heavy atom. The minimum absolute atomic E-state index is 0.0630. The maximum absolute atomic E-state index is 12.7. The van der Waals surface area contributed by atoms with Gasteiger partial charge in [-0.25, -0.2) is 0 Å². The first-order valence-electron chi connectivity index (χ1n) is 7.84. The van der Waals surface area contributed by atoms with E-state index >= 15 is 0 Å². The highest BCUT2D eigenvalue weighted by Gasteiger charge is 2.18. The third-order valence-corrected chi connectivity index (χ3v) is 4.49. The lowest BCUT2D eigenvalue weighted by Gasteiger charge is -2.21. The third-order valence-electron chi connectivity index (χ3n) is 3.63. The molecule has 0 saturated carbocycles. The summed E-state index contributed by atoms with van der Waals surface area (Å²) in [4.78, 5) is 15.5. The predicted octanol–water partition coefficient (Wildman–Crippen LogP) is 3.96. The molecule has 1 aromatic carbocycles. The lowest BCUT2D eigenvalue weighted by Crippen LogP contribution is -2.33. The molecule has 25 heavy (non-hydrogen) atoms. The summed E-state index contributed by atoms with van der Waals surface area (Å²) < 4.78 is 16.3. The van der Waals surface area contributed by atoms with E-state index in [4.69, 9.17) is 13.9 Å². The van der Waals surface area contributed by atoms with Gasteiger partial charge in [0.25, 0.3) is 5.91 Å². The Hall–Kier alpha value is -2.73. The highest BCUT2D eigenvalue weighted by Crippen LogP contribution is 2.26. The van der Waals surface area contributed by atoms with Crippen LogP contribution in [0.15, 0.2) is 64.6 Å². The fourth-order valence-corrected chi connectivity index (χ4v) is 3.10. The van der Waals surface area contributed by atoms with Gasteiger partial charge in [0.2, 0.25) is 0 Å². The second-order valence-electron chi connectivity index (χ2n) is 5.35. The zero-order valence-corrected chi connectivity index (χ0v) is 14.7. The van der Waals surface area contributed by atoms with Crippen molar-refractivity contribution >= 4 is 17.2 Å². The SMILES string of the molecule is COc1ccccc1OCC(=O)N(Cc1ccco1)Cc1cccs1. The molecule has 0 unspecified atom stereocenters. The van der Waals surface area contributed by atoms with Gasteiger partial charge in [0.05, 0.1) is 26.5 Å². The number of carbonyl (C=O) groups excluding carboxylic acids is 1. The molecule has 6 heteroatoms. The van der Waals surface area contributed by atoms with Crippen LogP contribution < -0.4 is 9.47 Å². The third kappa shape index (κ3) is 4.64. The molecule has 0 bridgehead atoms. The summed E-state index contributed by atoms with van der Waals surface area (Å²) in [5, 5.41) is 2.00. The Morgan fingerprint density at radius 3 is 2.60 bits per heavy atom. The maximum Gasteiger partial charge on any atom is 0.261 e. The molecule has 5 nitrogen and oxygen atoms in total. The van der Waals surface area contributed by atoms with E-state index in [1.807, 2.05) is 41.8 Å². The van der Waals surface area contributed by atoms with Gasteiger partial charge in [-0.1, -0.05) is 18.2 Å². The Balaban J connectivity index is 1.67. The minimum atomic E-state index is -0.115. The highest BCUT2D eigenvalue weighted by molar-refractivity contribution is 7.09. The quantitative estimate of drug-likeness (QED) is 0.612. The first-order valence-corrected chi connectivity index (χ1v) is 8.72. The van der Waals surface area contributed by atoms with Gasteiger partial charge in [-0.2, -0.15) is 0 Å². The number of para-hydroxylation sites is 2. The molecule has 2 heterocycles. The lowest BCUT2D eigenvalue weighted by molar-refractivity contribution is -0.134. The summed E-state index contributed by atoms with van der Waals surface area (Å²) in [7, 11) is 1.57. The molecule has 3 aromatic rings. The number of nitrogens with zero attached hydrogens (tertiary/aromatic N) is 1. The molecule has 0 aliphatic heterocycles. The predicted molar refractivity (Wildman–Crippen MR) is 95.8 cm³/mol. The second kappa shape index (κ2) is 8.39. The number of thiophene rings is 1. The molecule has 3 rings (SSSR count). The number of hydrogen-bond donors (Lipinski definition) is 0. The normalized spacial score (nSPS) is 10.4. The van der Waals surface area contributed by atoms with E-state index in [1.165, 1.54) is 0 Å². The van der Waals surface area contributed by atoms with Crippen LogP contribution in [0.4, 0.5) is 0 Å². The molecule has 0 atom stereocenters. The van der Waals surface area contributed by atoms with Crippen LogP contribution in [0.1, 0.15) is 10.6 Å². The molecule has 0 aliphatic carbocycles. The molecule has 0 fully saturated rings. The first kappa shape index (κ1) is 17.1. The van der Waals surface area contributed by atoms with Crippen LogP contribution in [0.5, 0.6) is 11.5 Å². The van der Waals surface area contributed by atoms with Gasteiger partial charge in [0.1, 0.15) is 5.76 Å². The van der Waals surface area contributed by atoms with E-state index in [9.17, 15) is 4.79 Å². The highest BCUT2D eigenvalue weighted by atomic mass is 32.1. The zero-order chi connectivity index (χ0) is 17.5. The average molecular weight is 357 g/mol. The fourth-order valence-electron chi connectivity index (χ4n) is 2.38. The van der Waals surface area contributed by atoms with Crippen molar-refractivity contribution in [2.45, 2.75) is 13.1 Å². The summed E-state index contributed by atoms with van der Waals surface area (Å²) in [6.45, 7) is 0.859. The summed E-state index contributed by atoms with van der Waals surface area (Å²) >= 11 is 1.62. The molecule has 1 amide bonds. The van der Waals surface area contributed by atoms with Gasteiger partial charge < -0.3 is 18.8 Å². The monoisotopic (exact) mass is 357 g/mol. The van der Waals surface area contributed by atoms with Crippen molar-refractivity contribution < 1.29 is 18.7 Å². The molecule has 0 saturated heterocycles. The van der Waals surface area contributed by atoms with Crippen LogP contribution in [-0.4, -0.2) is 24.5 Å². The smallest absolute Gasteiger partial charge is 0.261 e. The zero-order valence-electron chi connectivity index (χ0n) is 13.9. The number of benzene rings is 1. The summed E-state index contributed by atoms with van der Waals surface area (Å²) in [6.07, 6.45) is 1.61. The molecule has 2 aromatic heterocycles. The van der Waals surface area contributed by atoms with Crippen LogP contribution in [0.25, 0.3) is 0 Å². The number of ether oxygens (including phenoxy) is 2. The maximum atomic E-state index is 12.7. The van der Waals surface area contributed by atoms with Gasteiger partial charge in [-0.15, -0.1) is 11.3 Å². The Labute approximate surface area is 150 Å². The van der Waals surface area contributed by atoms with Crippen molar-refractivity contribution in [2.24, 2.45) is 0 Å². The number of amides is 1. The summed E-state index contributed by atoms with van der Waals surface area (Å²) in [6, 6.07) is 14.9. The van der Waals surface area contributed by atoms with Gasteiger partial charge in [0.15, 0.2) is 18.1 Å². The van der Waals surface area contributed by atoms with Crippen molar-refractivity contribution in [3.63, 3.8) is 0 Å². The molecule has 0 aliphatic rings. The van der Waals surface area contributed by atoms with Crippen molar-refractivity contribution in [1.82, 2.24) is 4.90 Å². The fraction of sp³-hybridized carbons (Fsp3) is 0.211. The molecule has 0 N–H and O–H groups in total. The Morgan fingerprint density at radius 2 is 1.92 bits per heavy atom. The van der Waals surface area contributed by atoms with E-state index in [0.717, 1.165) is 10.6 Å². The van der Waals surface area contributed by atoms with Crippen molar-refractivity contribution in [3.05, 3.63) is 70.8 Å². The van der Waals surface area contributed by atoms with E-state index in [1.54, 1.807) is 41.7 Å². The van der Waals surface area contributed by atoms with E-state index < -0.39 is 0 Å². The number of carbonyl (C=O) groups is 1. The average Bonchev–Trinajstić information content (AvgIpc) is 3.33. The van der Waals surface area contributed by atoms with Gasteiger partial charge in [0, 0.05) is 4.88 Å². The van der Waals surface area contributed by atoms with E-state index in [0.29, 0.717) is 24.6 Å². The number of methoxy groups -OCH3 is 1. The molecule has 0 radical (unpaired) electrons. The molecule has 130 valence electrons. The Kier molecular flexibility index (Phi) is 5.74. The molecular formula is C19H19NO4S. The van der Waals surface area contributed by atoms with Crippen molar-refractivity contribution in [1.29, 1.82) is 0 Å². The topological polar surface area (TPSA) is 51.9 Å². The van der Waals surface area contributed by atoms with Crippen LogP contribution in [0.3, 0.4) is 0 Å². The van der Waals surface area contributed by atoms with Gasteiger partial charge in [-0.3, -0.25) is 4.79 Å². The standard InChI is InChI=1S/C19H19NO4S/c1-22-17-8-2-3-9-18(17)24-14-19(21)20(12-15-6-4-10-23-15)13-16-7-5-11-25-16/h2-11H,12-14H2,1H3. The lowest BCUT2D eigenvalue weighted by atomic mass is 10.3. The molecular weight excluding hydrogens is 338 g/mol. The van der Waals surface area contributed by atoms with Crippen LogP contribution in [0.2, 0.25) is 0 Å². The van der Waals surface area contributed by atoms with Gasteiger partial charge >= 0.3 is 0 Å². The number of rotatable bonds is 8. The Bertz CT molecular complexity index is 747. The summed E-state index contributed by atoms with van der Waals surface area (Å²) in [5.74, 6) is 1.77. The summed E-state index contributed by atoms with van der Waals surface area (Å²) in [5.41, 5.74) is 0. The number of hydrogen-bond acceptors (Lipinski definition) is 5.